The zero-order valence-corrected chi connectivity index (χ0v) is 13.9. The molecule has 0 radical (unpaired) electrons. The molecule has 0 atom stereocenters. The molecule has 2 aromatic heterocycles. The van der Waals surface area contributed by atoms with E-state index in [0.29, 0.717) is 26.2 Å². The van der Waals surface area contributed by atoms with E-state index in [2.05, 4.69) is 9.97 Å². The van der Waals surface area contributed by atoms with Crippen molar-refractivity contribution >= 4 is 28.3 Å². The van der Waals surface area contributed by atoms with Gasteiger partial charge in [-0.1, -0.05) is 0 Å². The summed E-state index contributed by atoms with van der Waals surface area (Å²) in [6.07, 6.45) is 2.97. The topological polar surface area (TPSA) is 90.9 Å². The number of nitro groups is 1. The lowest BCUT2D eigenvalue weighted by Crippen LogP contribution is -2.26. The molecule has 2 rings (SSSR count). The molecule has 0 unspecified atom stereocenters. The molecule has 2 heterocycles. The van der Waals surface area contributed by atoms with E-state index in [1.54, 1.807) is 20.8 Å². The molecule has 0 N–H and O–H groups in total. The van der Waals surface area contributed by atoms with Gasteiger partial charge in [0.1, 0.15) is 5.82 Å². The average Bonchev–Trinajstić information content (AvgIpc) is 2.41. The minimum absolute atomic E-state index is 0.0456. The van der Waals surface area contributed by atoms with Crippen molar-refractivity contribution in [1.29, 1.82) is 0 Å². The summed E-state index contributed by atoms with van der Waals surface area (Å²) in [7, 11) is 0. The number of pyridine rings is 1. The van der Waals surface area contributed by atoms with Crippen molar-refractivity contribution in [1.82, 2.24) is 14.5 Å². The molecule has 0 amide bonds. The van der Waals surface area contributed by atoms with Gasteiger partial charge >= 0.3 is 0 Å². The van der Waals surface area contributed by atoms with Crippen LogP contribution in [0.4, 0.5) is 5.69 Å². The second-order valence-corrected chi connectivity index (χ2v) is 5.83. The first-order valence-electron chi connectivity index (χ1n) is 6.14. The lowest BCUT2D eigenvalue weighted by molar-refractivity contribution is -0.386. The van der Waals surface area contributed by atoms with Crippen LogP contribution in [-0.4, -0.2) is 19.5 Å². The second-order valence-electron chi connectivity index (χ2n) is 4.66. The fraction of sp³-hybridized carbons (Fsp3) is 0.308. The van der Waals surface area contributed by atoms with Crippen LogP contribution in [0.3, 0.4) is 0 Å². The van der Waals surface area contributed by atoms with Crippen LogP contribution in [0, 0.1) is 34.5 Å². The molecule has 0 fully saturated rings. The minimum atomic E-state index is -0.418. The number of rotatable bonds is 3. The maximum Gasteiger partial charge on any atom is 0.278 e. The van der Waals surface area contributed by atoms with E-state index in [4.69, 9.17) is 0 Å². The zero-order valence-electron chi connectivity index (χ0n) is 11.8. The highest BCUT2D eigenvalue weighted by Gasteiger charge is 2.19. The van der Waals surface area contributed by atoms with E-state index in [1.807, 2.05) is 22.6 Å². The Kier molecular flexibility index (Phi) is 4.35. The van der Waals surface area contributed by atoms with Gasteiger partial charge in [-0.3, -0.25) is 24.5 Å². The van der Waals surface area contributed by atoms with Gasteiger partial charge in [-0.2, -0.15) is 0 Å². The predicted octanol–water partition coefficient (Wildman–Crippen LogP) is 2.12. The molecule has 8 heteroatoms. The van der Waals surface area contributed by atoms with Crippen LogP contribution < -0.4 is 5.56 Å². The maximum absolute atomic E-state index is 12.1. The molecule has 0 saturated heterocycles. The first-order valence-corrected chi connectivity index (χ1v) is 7.22. The normalized spacial score (nSPS) is 10.7. The summed E-state index contributed by atoms with van der Waals surface area (Å²) in [5, 5.41) is 11.1. The van der Waals surface area contributed by atoms with Crippen LogP contribution in [0.25, 0.3) is 0 Å². The number of aromatic nitrogens is 3. The van der Waals surface area contributed by atoms with Crippen LogP contribution in [0.5, 0.6) is 0 Å². The molecule has 2 aromatic rings. The van der Waals surface area contributed by atoms with Crippen LogP contribution in [0.15, 0.2) is 17.2 Å². The third-order valence-electron chi connectivity index (χ3n) is 3.27. The van der Waals surface area contributed by atoms with Gasteiger partial charge < -0.3 is 0 Å². The van der Waals surface area contributed by atoms with Gasteiger partial charge in [-0.15, -0.1) is 0 Å². The third kappa shape index (κ3) is 2.94. The van der Waals surface area contributed by atoms with E-state index in [-0.39, 0.29) is 17.8 Å². The lowest BCUT2D eigenvalue weighted by Gasteiger charge is -2.11. The van der Waals surface area contributed by atoms with Crippen molar-refractivity contribution in [2.24, 2.45) is 0 Å². The summed E-state index contributed by atoms with van der Waals surface area (Å²) in [5.74, 6) is 0.546. The molecule has 0 aliphatic heterocycles. The lowest BCUT2D eigenvalue weighted by atomic mass is 10.1. The van der Waals surface area contributed by atoms with Crippen molar-refractivity contribution in [3.8, 4) is 0 Å². The van der Waals surface area contributed by atoms with E-state index < -0.39 is 4.92 Å². The molecular weight excluding hydrogens is 387 g/mol. The Morgan fingerprint density at radius 2 is 1.95 bits per heavy atom. The van der Waals surface area contributed by atoms with Crippen LogP contribution in [0.1, 0.15) is 22.6 Å². The molecule has 0 aromatic carbocycles. The fourth-order valence-electron chi connectivity index (χ4n) is 2.09. The highest BCUT2D eigenvalue weighted by molar-refractivity contribution is 14.1. The van der Waals surface area contributed by atoms with Gasteiger partial charge in [0.25, 0.3) is 11.2 Å². The highest BCUT2D eigenvalue weighted by atomic mass is 127. The van der Waals surface area contributed by atoms with Gasteiger partial charge in [0.05, 0.1) is 26.3 Å². The Balaban J connectivity index is 2.56. The van der Waals surface area contributed by atoms with E-state index >= 15 is 0 Å². The number of hydrogen-bond donors (Lipinski definition) is 0. The quantitative estimate of drug-likeness (QED) is 0.447. The Labute approximate surface area is 134 Å². The summed E-state index contributed by atoms with van der Waals surface area (Å²) >= 11 is 1.92. The van der Waals surface area contributed by atoms with Crippen molar-refractivity contribution in [3.05, 3.63) is 59.1 Å². The van der Waals surface area contributed by atoms with Gasteiger partial charge in [0, 0.05) is 18.0 Å². The zero-order chi connectivity index (χ0) is 15.7. The van der Waals surface area contributed by atoms with Gasteiger partial charge in [0.15, 0.2) is 0 Å². The largest absolute Gasteiger partial charge is 0.290 e. The first-order chi connectivity index (χ1) is 9.82. The van der Waals surface area contributed by atoms with Gasteiger partial charge in [0.2, 0.25) is 0 Å². The Bertz CT molecular complexity index is 786. The Morgan fingerprint density at radius 3 is 2.57 bits per heavy atom. The van der Waals surface area contributed by atoms with Crippen molar-refractivity contribution in [2.75, 3.05) is 0 Å². The van der Waals surface area contributed by atoms with Crippen molar-refractivity contribution < 1.29 is 4.92 Å². The molecular formula is C13H13IN4O3. The summed E-state index contributed by atoms with van der Waals surface area (Å²) in [6.45, 7) is 5.18. The number of aryl methyl sites for hydroxylation is 2. The number of nitrogens with zero attached hydrogens (tertiary/aromatic N) is 4. The maximum atomic E-state index is 12.1. The van der Waals surface area contributed by atoms with E-state index in [1.165, 1.54) is 17.0 Å². The molecule has 21 heavy (non-hydrogen) atoms. The molecule has 0 spiro atoms. The molecule has 0 aliphatic rings. The molecule has 0 saturated carbocycles. The second kappa shape index (κ2) is 5.88. The fourth-order valence-corrected chi connectivity index (χ4v) is 2.52. The smallest absolute Gasteiger partial charge is 0.278 e. The monoisotopic (exact) mass is 400 g/mol. The van der Waals surface area contributed by atoms with Crippen molar-refractivity contribution in [3.63, 3.8) is 0 Å². The molecule has 110 valence electrons. The van der Waals surface area contributed by atoms with Crippen LogP contribution in [-0.2, 0) is 6.54 Å². The minimum Gasteiger partial charge on any atom is -0.290 e. The van der Waals surface area contributed by atoms with E-state index in [9.17, 15) is 14.9 Å². The average molecular weight is 400 g/mol. The number of hydrogen-bond acceptors (Lipinski definition) is 5. The predicted molar refractivity (Wildman–Crippen MR) is 85.4 cm³/mol. The standard InChI is InChI=1S/C13H13IN4O3/c1-7-4-16-11(8(2)12(7)18(20)21)6-17-9(3)15-5-10(14)13(17)19/h4-5H,6H2,1-3H3. The molecule has 0 bridgehead atoms. The SMILES string of the molecule is Cc1cnc(Cn2c(C)ncc(I)c2=O)c(C)c1[N+](=O)[O-]. The van der Waals surface area contributed by atoms with Crippen LogP contribution in [0.2, 0.25) is 0 Å². The molecule has 7 nitrogen and oxygen atoms in total. The molecule has 0 aliphatic carbocycles. The van der Waals surface area contributed by atoms with Crippen molar-refractivity contribution in [2.45, 2.75) is 27.3 Å². The first kappa shape index (κ1) is 15.5. The highest BCUT2D eigenvalue weighted by Crippen LogP contribution is 2.24. The van der Waals surface area contributed by atoms with Crippen LogP contribution >= 0.6 is 22.6 Å². The summed E-state index contributed by atoms with van der Waals surface area (Å²) in [5.41, 5.74) is 1.36. The summed E-state index contributed by atoms with van der Waals surface area (Å²) in [6, 6.07) is 0. The number of halogens is 1. The summed E-state index contributed by atoms with van der Waals surface area (Å²) in [4.78, 5) is 31.2. The Morgan fingerprint density at radius 1 is 1.29 bits per heavy atom. The van der Waals surface area contributed by atoms with Gasteiger partial charge in [-0.05, 0) is 43.4 Å². The van der Waals surface area contributed by atoms with Gasteiger partial charge in [-0.25, -0.2) is 4.98 Å². The Hall–Kier alpha value is -1.84. The summed E-state index contributed by atoms with van der Waals surface area (Å²) < 4.78 is 1.97. The van der Waals surface area contributed by atoms with E-state index in [0.717, 1.165) is 0 Å². The third-order valence-corrected chi connectivity index (χ3v) is 4.01.